The summed E-state index contributed by atoms with van der Waals surface area (Å²) in [5.74, 6) is 0.508. The van der Waals surface area contributed by atoms with Crippen LogP contribution in [-0.2, 0) is 19.3 Å². The third-order valence-corrected chi connectivity index (χ3v) is 6.46. The number of alkyl halides is 3. The van der Waals surface area contributed by atoms with Crippen molar-refractivity contribution in [3.63, 3.8) is 0 Å². The number of hydrogen-bond acceptors (Lipinski definition) is 5. The molecule has 5 aromatic rings. The molecule has 38 heavy (non-hydrogen) atoms. The Morgan fingerprint density at radius 2 is 1.95 bits per heavy atom. The van der Waals surface area contributed by atoms with Crippen molar-refractivity contribution >= 4 is 22.5 Å². The molecule has 4 heterocycles. The lowest BCUT2D eigenvalue weighted by Crippen LogP contribution is -2.23. The quantitative estimate of drug-likeness (QED) is 0.282. The summed E-state index contributed by atoms with van der Waals surface area (Å²) in [7, 11) is 0. The molecule has 1 aromatic carbocycles. The maximum absolute atomic E-state index is 13.2. The van der Waals surface area contributed by atoms with Gasteiger partial charge in [0.05, 0.1) is 34.7 Å². The first-order valence-electron chi connectivity index (χ1n) is 11.6. The molecule has 0 saturated carbocycles. The second-order valence-corrected chi connectivity index (χ2v) is 9.19. The van der Waals surface area contributed by atoms with Gasteiger partial charge in [-0.1, -0.05) is 23.7 Å². The minimum absolute atomic E-state index is 0.0671. The van der Waals surface area contributed by atoms with E-state index in [1.54, 1.807) is 18.3 Å². The van der Waals surface area contributed by atoms with Gasteiger partial charge in [0.2, 0.25) is 0 Å². The molecule has 194 valence electrons. The van der Waals surface area contributed by atoms with Crippen LogP contribution >= 0.6 is 11.6 Å². The molecule has 0 aliphatic heterocycles. The van der Waals surface area contributed by atoms with E-state index in [1.807, 2.05) is 32.0 Å². The van der Waals surface area contributed by atoms with Crippen molar-refractivity contribution in [1.82, 2.24) is 24.7 Å². The number of fused-ring (bicyclic) bond motifs is 1. The minimum atomic E-state index is -4.57. The third kappa shape index (κ3) is 4.99. The number of halogens is 4. The lowest BCUT2D eigenvalue weighted by Gasteiger charge is -2.16. The number of nitrogens with zero attached hydrogens (tertiary/aromatic N) is 4. The van der Waals surface area contributed by atoms with Crippen molar-refractivity contribution in [3.8, 4) is 17.0 Å². The van der Waals surface area contributed by atoms with E-state index in [9.17, 15) is 18.0 Å². The molecule has 0 saturated heterocycles. The van der Waals surface area contributed by atoms with Crippen LogP contribution in [0.1, 0.15) is 28.1 Å². The average Bonchev–Trinajstić information content (AvgIpc) is 3.29. The molecule has 7 nitrogen and oxygen atoms in total. The molecular weight excluding hydrogens is 519 g/mol. The summed E-state index contributed by atoms with van der Waals surface area (Å²) in [6.07, 6.45) is -0.686. The number of para-hydroxylation sites is 1. The summed E-state index contributed by atoms with van der Waals surface area (Å²) in [5, 5.41) is 8.21. The van der Waals surface area contributed by atoms with Crippen LogP contribution in [0.3, 0.4) is 0 Å². The molecule has 0 spiro atoms. The SMILES string of the molecule is Cc1cc(-c2[nH]ncc2Cl)c2cccc(OCc3c(C)ccnc3Cn3cc(C(F)(F)F)ccc3=O)c2n1. The van der Waals surface area contributed by atoms with E-state index in [1.165, 1.54) is 6.20 Å². The maximum Gasteiger partial charge on any atom is 0.417 e. The number of aromatic amines is 1. The minimum Gasteiger partial charge on any atom is -0.487 e. The average molecular weight is 540 g/mol. The lowest BCUT2D eigenvalue weighted by atomic mass is 10.0. The summed E-state index contributed by atoms with van der Waals surface area (Å²) in [5.41, 5.74) is 3.30. The standard InChI is InChI=1S/C27H21ClF3N5O2/c1-15-8-9-32-22(13-36-12-17(27(29,30)31)6-7-24(36)37)20(15)14-38-23-5-3-4-18-19(10-16(2)34-26(18)23)25-21(28)11-33-35-25/h3-12H,13-14H2,1-2H3,(H,33,35). The molecule has 5 rings (SSSR count). The van der Waals surface area contributed by atoms with Gasteiger partial charge in [0.25, 0.3) is 5.56 Å². The highest BCUT2D eigenvalue weighted by Gasteiger charge is 2.31. The number of aromatic nitrogens is 5. The molecule has 0 fully saturated rings. The molecule has 0 amide bonds. The monoisotopic (exact) mass is 539 g/mol. The first-order valence-corrected chi connectivity index (χ1v) is 11.9. The number of rotatable bonds is 6. The normalized spacial score (nSPS) is 11.7. The Bertz CT molecular complexity index is 1710. The van der Waals surface area contributed by atoms with Crippen molar-refractivity contribution in [2.75, 3.05) is 0 Å². The fourth-order valence-electron chi connectivity index (χ4n) is 4.25. The highest BCUT2D eigenvalue weighted by Crippen LogP contribution is 2.35. The van der Waals surface area contributed by atoms with Gasteiger partial charge in [-0.15, -0.1) is 0 Å². The summed E-state index contributed by atoms with van der Waals surface area (Å²) >= 11 is 6.32. The zero-order valence-electron chi connectivity index (χ0n) is 20.3. The number of benzene rings is 1. The summed E-state index contributed by atoms with van der Waals surface area (Å²) in [6.45, 7) is 3.64. The zero-order valence-corrected chi connectivity index (χ0v) is 21.1. The molecular formula is C27H21ClF3N5O2. The molecule has 0 radical (unpaired) electrons. The Hall–Kier alpha value is -4.18. The molecule has 0 aliphatic carbocycles. The number of pyridine rings is 3. The van der Waals surface area contributed by atoms with E-state index in [2.05, 4.69) is 20.2 Å². The van der Waals surface area contributed by atoms with Crippen LogP contribution in [-0.4, -0.2) is 24.7 Å². The fourth-order valence-corrected chi connectivity index (χ4v) is 4.44. The van der Waals surface area contributed by atoms with Gasteiger partial charge < -0.3 is 9.30 Å². The molecule has 1 N–H and O–H groups in total. The van der Waals surface area contributed by atoms with Crippen LogP contribution in [0.25, 0.3) is 22.2 Å². The Morgan fingerprint density at radius 3 is 2.68 bits per heavy atom. The largest absolute Gasteiger partial charge is 0.487 e. The van der Waals surface area contributed by atoms with Crippen LogP contribution in [0.15, 0.2) is 65.8 Å². The molecule has 0 atom stereocenters. The van der Waals surface area contributed by atoms with Gasteiger partial charge in [0.1, 0.15) is 17.9 Å². The molecule has 0 aliphatic rings. The number of H-pyrrole nitrogens is 1. The van der Waals surface area contributed by atoms with Crippen molar-refractivity contribution in [3.05, 3.63) is 105 Å². The Morgan fingerprint density at radius 1 is 1.13 bits per heavy atom. The zero-order chi connectivity index (χ0) is 27.0. The van der Waals surface area contributed by atoms with E-state index < -0.39 is 17.3 Å². The Labute approximate surface area is 219 Å². The van der Waals surface area contributed by atoms with Gasteiger partial charge in [0.15, 0.2) is 0 Å². The predicted molar refractivity (Wildman–Crippen MR) is 137 cm³/mol. The van der Waals surface area contributed by atoms with Crippen LogP contribution in [0.2, 0.25) is 5.02 Å². The van der Waals surface area contributed by atoms with E-state index in [4.69, 9.17) is 16.3 Å². The van der Waals surface area contributed by atoms with Crippen molar-refractivity contribution in [2.45, 2.75) is 33.2 Å². The van der Waals surface area contributed by atoms with E-state index >= 15 is 0 Å². The number of nitrogens with one attached hydrogen (secondary N) is 1. The van der Waals surface area contributed by atoms with Crippen molar-refractivity contribution < 1.29 is 17.9 Å². The summed E-state index contributed by atoms with van der Waals surface area (Å²) in [6, 6.07) is 10.9. The highest BCUT2D eigenvalue weighted by molar-refractivity contribution is 6.33. The fraction of sp³-hybridized carbons (Fsp3) is 0.185. The third-order valence-electron chi connectivity index (χ3n) is 6.18. The van der Waals surface area contributed by atoms with Crippen LogP contribution < -0.4 is 10.3 Å². The van der Waals surface area contributed by atoms with Gasteiger partial charge in [-0.3, -0.25) is 14.9 Å². The molecule has 11 heteroatoms. The van der Waals surface area contributed by atoms with Gasteiger partial charge in [-0.2, -0.15) is 18.3 Å². The summed E-state index contributed by atoms with van der Waals surface area (Å²) < 4.78 is 46.8. The second kappa shape index (κ2) is 9.94. The highest BCUT2D eigenvalue weighted by atomic mass is 35.5. The van der Waals surface area contributed by atoms with Gasteiger partial charge >= 0.3 is 6.18 Å². The predicted octanol–water partition coefficient (Wildman–Crippen LogP) is 6.10. The number of aryl methyl sites for hydroxylation is 2. The maximum atomic E-state index is 13.2. The summed E-state index contributed by atoms with van der Waals surface area (Å²) in [4.78, 5) is 21.3. The van der Waals surface area contributed by atoms with Gasteiger partial charge in [-0.25, -0.2) is 4.98 Å². The Kier molecular flexibility index (Phi) is 6.66. The lowest BCUT2D eigenvalue weighted by molar-refractivity contribution is -0.138. The topological polar surface area (TPSA) is 85.7 Å². The van der Waals surface area contributed by atoms with Crippen LogP contribution in [0, 0.1) is 13.8 Å². The van der Waals surface area contributed by atoms with Crippen LogP contribution in [0.5, 0.6) is 5.75 Å². The first kappa shape index (κ1) is 25.5. The molecule has 4 aromatic heterocycles. The second-order valence-electron chi connectivity index (χ2n) is 8.78. The van der Waals surface area contributed by atoms with Gasteiger partial charge in [0, 0.05) is 40.7 Å². The Balaban J connectivity index is 1.50. The smallest absolute Gasteiger partial charge is 0.417 e. The van der Waals surface area contributed by atoms with E-state index in [0.717, 1.165) is 45.1 Å². The van der Waals surface area contributed by atoms with Crippen molar-refractivity contribution in [2.24, 2.45) is 0 Å². The molecule has 0 bridgehead atoms. The van der Waals surface area contributed by atoms with Crippen LogP contribution in [0.4, 0.5) is 13.2 Å². The van der Waals surface area contributed by atoms with Gasteiger partial charge in [-0.05, 0) is 43.7 Å². The van der Waals surface area contributed by atoms with Crippen molar-refractivity contribution in [1.29, 1.82) is 0 Å². The van der Waals surface area contributed by atoms with E-state index in [-0.39, 0.29) is 13.2 Å². The van der Waals surface area contributed by atoms with E-state index in [0.29, 0.717) is 33.2 Å². The molecule has 0 unspecified atom stereocenters. The first-order chi connectivity index (χ1) is 18.1. The number of ether oxygens (including phenoxy) is 1. The number of hydrogen-bond donors (Lipinski definition) is 1.